The van der Waals surface area contributed by atoms with Crippen LogP contribution in [0.4, 0.5) is 11.4 Å². The Morgan fingerprint density at radius 1 is 0.873 bits per heavy atom. The summed E-state index contributed by atoms with van der Waals surface area (Å²) in [5.41, 5.74) is 3.65. The van der Waals surface area contributed by atoms with Crippen LogP contribution in [0.15, 0.2) is 82.3 Å². The van der Waals surface area contributed by atoms with Crippen molar-refractivity contribution in [3.05, 3.63) is 83.6 Å². The Kier molecular flexibility index (Phi) is 15.5. The summed E-state index contributed by atoms with van der Waals surface area (Å²) in [6.07, 6.45) is 14.0. The maximum Gasteiger partial charge on any atom is 0.294 e. The van der Waals surface area contributed by atoms with Crippen LogP contribution in [0.5, 0.6) is 0 Å². The Balaban J connectivity index is 1.72. The summed E-state index contributed by atoms with van der Waals surface area (Å²) in [4.78, 5) is 14.4. The number of allylic oxidation sites excluding steroid dienone is 6. The lowest BCUT2D eigenvalue weighted by atomic mass is 9.77. The van der Waals surface area contributed by atoms with E-state index in [2.05, 4.69) is 11.8 Å². The first-order valence-electron chi connectivity index (χ1n) is 18.3. The number of unbranched alkanes of at least 4 members (excludes halogenated alkanes) is 2. The monoisotopic (exact) mass is 837 g/mol. The van der Waals surface area contributed by atoms with E-state index in [1.807, 2.05) is 68.7 Å². The van der Waals surface area contributed by atoms with Crippen molar-refractivity contribution in [2.24, 2.45) is 5.92 Å². The number of carbonyl (C=O) groups is 1. The van der Waals surface area contributed by atoms with Crippen LogP contribution in [0.1, 0.15) is 90.7 Å². The number of hydrogen-bond acceptors (Lipinski definition) is 7. The average Bonchev–Trinajstić information content (AvgIpc) is 3.45. The summed E-state index contributed by atoms with van der Waals surface area (Å²) in [6.45, 7) is 10.6. The van der Waals surface area contributed by atoms with Crippen LogP contribution in [0.2, 0.25) is 0 Å². The average molecular weight is 838 g/mol. The molecule has 12 nitrogen and oxygen atoms in total. The predicted octanol–water partition coefficient (Wildman–Crippen LogP) is 7.06. The number of nitrogens with zero attached hydrogens (tertiary/aromatic N) is 2. The van der Waals surface area contributed by atoms with Gasteiger partial charge in [0.15, 0.2) is 39.0 Å². The molecule has 4 rings (SSSR count). The topological polar surface area (TPSA) is 190 Å². The number of anilines is 1. The Labute approximate surface area is 332 Å². The van der Waals surface area contributed by atoms with E-state index in [0.29, 0.717) is 44.3 Å². The molecular weight excluding hydrogens is 785 g/mol. The van der Waals surface area contributed by atoms with Crippen molar-refractivity contribution in [2.75, 3.05) is 29.5 Å². The Hall–Kier alpha value is -2.96. The molecule has 302 valence electrons. The molecule has 0 aromatic heterocycles. The molecular formula is C39H53N2O10S4+. The fourth-order valence-electron chi connectivity index (χ4n) is 7.49. The van der Waals surface area contributed by atoms with E-state index in [1.165, 1.54) is 12.1 Å². The zero-order valence-electron chi connectivity index (χ0n) is 32.0. The highest BCUT2D eigenvalue weighted by Gasteiger charge is 2.45. The van der Waals surface area contributed by atoms with Crippen molar-refractivity contribution in [1.82, 2.24) is 0 Å². The molecule has 4 atom stereocenters. The van der Waals surface area contributed by atoms with E-state index < -0.39 is 54.2 Å². The van der Waals surface area contributed by atoms with Crippen LogP contribution in [0.25, 0.3) is 0 Å². The van der Waals surface area contributed by atoms with Crippen molar-refractivity contribution in [1.29, 1.82) is 0 Å². The quantitative estimate of drug-likeness (QED) is 0.0351. The number of carbonyl (C=O) groups excluding carboxylic acids is 1. The molecule has 16 heteroatoms. The van der Waals surface area contributed by atoms with E-state index in [0.717, 1.165) is 47.6 Å². The summed E-state index contributed by atoms with van der Waals surface area (Å²) in [6, 6.07) is 9.64. The van der Waals surface area contributed by atoms with Gasteiger partial charge in [0.1, 0.15) is 12.3 Å². The number of fused-ring (bicyclic) bond motifs is 2. The van der Waals surface area contributed by atoms with Crippen LogP contribution in [0.3, 0.4) is 0 Å². The molecule has 4 N–H and O–H groups in total. The van der Waals surface area contributed by atoms with Gasteiger partial charge in [-0.1, -0.05) is 44.9 Å². The largest absolute Gasteiger partial charge is 0.344 e. The van der Waals surface area contributed by atoms with Gasteiger partial charge >= 0.3 is 0 Å². The van der Waals surface area contributed by atoms with Gasteiger partial charge in [-0.2, -0.15) is 13.0 Å². The Bertz CT molecular complexity index is 2070. The van der Waals surface area contributed by atoms with Crippen molar-refractivity contribution in [2.45, 2.75) is 100 Å². The lowest BCUT2D eigenvalue weighted by molar-refractivity contribution is -0.437. The van der Waals surface area contributed by atoms with Gasteiger partial charge in [0.05, 0.1) is 26.7 Å². The molecule has 0 bridgehead atoms. The van der Waals surface area contributed by atoms with E-state index in [-0.39, 0.29) is 33.0 Å². The molecule has 2 aromatic rings. The van der Waals surface area contributed by atoms with E-state index in [9.17, 15) is 44.1 Å². The first kappa shape index (κ1) is 44.8. The third kappa shape index (κ3) is 10.9. The minimum absolute atomic E-state index is 0.0122. The predicted molar refractivity (Wildman–Crippen MR) is 219 cm³/mol. The van der Waals surface area contributed by atoms with Crippen LogP contribution >= 0.6 is 0 Å². The number of Topliss-reactive ketones (excluding diaryl/α,β-unsaturated/α-hetero) is 1. The molecule has 2 aliphatic rings. The maximum absolute atomic E-state index is 12.2. The second-order valence-electron chi connectivity index (χ2n) is 15.0. The first-order valence-corrected chi connectivity index (χ1v) is 23.4. The molecule has 2 aliphatic heterocycles. The lowest BCUT2D eigenvalue weighted by Gasteiger charge is -2.30. The van der Waals surface area contributed by atoms with Gasteiger partial charge in [0, 0.05) is 59.8 Å². The molecule has 0 radical (unpaired) electrons. The zero-order valence-corrected chi connectivity index (χ0v) is 35.2. The van der Waals surface area contributed by atoms with Crippen molar-refractivity contribution in [3.63, 3.8) is 0 Å². The van der Waals surface area contributed by atoms with Crippen molar-refractivity contribution < 1.29 is 48.6 Å². The van der Waals surface area contributed by atoms with Gasteiger partial charge in [-0.25, -0.2) is 12.6 Å². The normalized spacial score (nSPS) is 20.5. The van der Waals surface area contributed by atoms with E-state index in [4.69, 9.17) is 0 Å². The Morgan fingerprint density at radius 2 is 1.56 bits per heavy atom. The van der Waals surface area contributed by atoms with Crippen LogP contribution in [-0.4, -0.2) is 79.9 Å². The minimum atomic E-state index is -4.45. The minimum Gasteiger partial charge on any atom is -0.344 e. The summed E-state index contributed by atoms with van der Waals surface area (Å²) < 4.78 is 99.9. The number of benzene rings is 2. The third-order valence-corrected chi connectivity index (χ3v) is 13.2. The zero-order chi connectivity index (χ0) is 40.7. The van der Waals surface area contributed by atoms with Crippen LogP contribution < -0.4 is 4.90 Å². The standard InChI is InChI=1S/C39H52N2O10S4/c1-28(2)35(42)14-8-7-11-21-39(5)32-26-29(54(47)48)17-19-34(32)41(23-13-25-53(45)46)37(39)16-10-6-9-15-36-38(3,4)31-27-30(55(49,50)51)18-20-33(31)40(36)22-12-24-52(43)44/h6,9-10,15-20,26-28H,7-8,11-14,21-25H2,1-5H3,(H3-,43,44,45,46,47,48,49,50,51)/p+1. The van der Waals surface area contributed by atoms with E-state index >= 15 is 0 Å². The molecule has 4 unspecified atom stereocenters. The molecule has 2 aromatic carbocycles. The molecule has 0 saturated heterocycles. The lowest BCUT2D eigenvalue weighted by Crippen LogP contribution is -2.30. The summed E-state index contributed by atoms with van der Waals surface area (Å²) in [7, 11) is -4.45. The molecule has 0 fully saturated rings. The fraction of sp³-hybridized carbons (Fsp3) is 0.487. The first-order chi connectivity index (χ1) is 25.8. The molecule has 55 heavy (non-hydrogen) atoms. The molecule has 0 spiro atoms. The highest BCUT2D eigenvalue weighted by molar-refractivity contribution is 7.85. The molecule has 2 heterocycles. The highest BCUT2D eigenvalue weighted by atomic mass is 32.2. The van der Waals surface area contributed by atoms with Crippen molar-refractivity contribution >= 4 is 66.2 Å². The van der Waals surface area contributed by atoms with Gasteiger partial charge in [-0.05, 0) is 82.0 Å². The summed E-state index contributed by atoms with van der Waals surface area (Å²) in [5, 5.41) is 0. The second kappa shape index (κ2) is 19.0. The smallest absolute Gasteiger partial charge is 0.294 e. The van der Waals surface area contributed by atoms with Crippen LogP contribution in [0, 0.1) is 5.92 Å². The number of ketones is 1. The molecule has 0 saturated carbocycles. The summed E-state index contributed by atoms with van der Waals surface area (Å²) in [5.74, 6) is 0.373. The summed E-state index contributed by atoms with van der Waals surface area (Å²) >= 11 is -6.14. The van der Waals surface area contributed by atoms with Crippen LogP contribution in [-0.2, 0) is 59.0 Å². The third-order valence-electron chi connectivity index (χ3n) is 10.4. The van der Waals surface area contributed by atoms with Gasteiger partial charge in [-0.3, -0.25) is 9.35 Å². The SMILES string of the molecule is CC(C)C(=O)CCCCCC1(C)C(=CC=CC=CC2=[N+](CCCS(=O)O)c3ccc(S(=O)(=O)O)cc3C2(C)C)N(CCCS(=O)O)c2ccc(S(=O)O)cc21. The van der Waals surface area contributed by atoms with Gasteiger partial charge in [-0.15, -0.1) is 0 Å². The number of rotatable bonds is 20. The van der Waals surface area contributed by atoms with Gasteiger partial charge in [0.25, 0.3) is 10.1 Å². The van der Waals surface area contributed by atoms with Gasteiger partial charge < -0.3 is 18.6 Å². The fourth-order valence-corrected chi connectivity index (χ4v) is 9.16. The second-order valence-corrected chi connectivity index (χ2v) is 19.5. The van der Waals surface area contributed by atoms with Gasteiger partial charge in [0.2, 0.25) is 5.69 Å². The molecule has 0 amide bonds. The number of hydrogen-bond donors (Lipinski definition) is 4. The van der Waals surface area contributed by atoms with E-state index in [1.54, 1.807) is 18.2 Å². The Morgan fingerprint density at radius 3 is 2.20 bits per heavy atom. The molecule has 0 aliphatic carbocycles. The highest BCUT2D eigenvalue weighted by Crippen LogP contribution is 2.51. The van der Waals surface area contributed by atoms with Crippen molar-refractivity contribution in [3.8, 4) is 0 Å². The maximum atomic E-state index is 12.2.